The van der Waals surface area contributed by atoms with E-state index in [1.54, 1.807) is 0 Å². The lowest BCUT2D eigenvalue weighted by atomic mass is 9.97. The number of nitrogens with one attached hydrogen (secondary N) is 1. The molecule has 1 N–H and O–H groups in total. The van der Waals surface area contributed by atoms with Crippen LogP contribution < -0.4 is 5.32 Å². The first kappa shape index (κ1) is 23.4. The van der Waals surface area contributed by atoms with Crippen LogP contribution in [0.15, 0.2) is 91.0 Å². The van der Waals surface area contributed by atoms with Crippen LogP contribution in [0.2, 0.25) is 0 Å². The molecule has 5 rings (SSSR count). The monoisotopic (exact) mass is 457 g/mol. The van der Waals surface area contributed by atoms with Gasteiger partial charge in [0.15, 0.2) is 0 Å². The van der Waals surface area contributed by atoms with Gasteiger partial charge in [-0.1, -0.05) is 78.9 Å². The van der Waals surface area contributed by atoms with E-state index < -0.39 is 0 Å². The first-order chi connectivity index (χ1) is 15.8. The summed E-state index contributed by atoms with van der Waals surface area (Å²) in [4.78, 5) is 7.53. The number of rotatable bonds is 6. The van der Waals surface area contributed by atoms with Crippen LogP contribution in [0.4, 0.5) is 0 Å². The maximum Gasteiger partial charge on any atom is 0.0713 e. The predicted molar refractivity (Wildman–Crippen MR) is 141 cm³/mol. The van der Waals surface area contributed by atoms with Crippen LogP contribution >= 0.6 is 12.4 Å². The van der Waals surface area contributed by atoms with E-state index in [0.29, 0.717) is 6.04 Å². The summed E-state index contributed by atoms with van der Waals surface area (Å²) in [6.45, 7) is 5.64. The zero-order valence-corrected chi connectivity index (χ0v) is 20.0. The molecule has 3 nitrogen and oxygen atoms in total. The molecule has 0 radical (unpaired) electrons. The third-order valence-corrected chi connectivity index (χ3v) is 6.61. The molecule has 1 unspecified atom stereocenters. The Balaban J connectivity index is 0.00000259. The lowest BCUT2D eigenvalue weighted by Gasteiger charge is -2.34. The molecule has 1 aliphatic heterocycles. The Labute approximate surface area is 203 Å². The van der Waals surface area contributed by atoms with Crippen molar-refractivity contribution in [3.05, 3.63) is 102 Å². The van der Waals surface area contributed by atoms with Crippen LogP contribution in [0.5, 0.6) is 0 Å². The third kappa shape index (κ3) is 5.62. The average molecular weight is 458 g/mol. The zero-order valence-electron chi connectivity index (χ0n) is 19.2. The maximum absolute atomic E-state index is 4.95. The second-order valence-electron chi connectivity index (χ2n) is 8.90. The number of benzene rings is 3. The Bertz CT molecular complexity index is 1160. The number of halogens is 1. The van der Waals surface area contributed by atoms with Crippen LogP contribution in [0, 0.1) is 0 Å². The van der Waals surface area contributed by atoms with E-state index >= 15 is 0 Å². The molecule has 3 aromatic carbocycles. The standard InChI is InChI=1S/C29H31N3.ClH/c1-22(30-25-16-18-32(19-17-25)21-23-10-4-2-5-11-23)27-20-29(24-12-6-3-7-13-24)31-28-15-9-8-14-26(27)28;/h2-15,20,22,25,30H,16-19,21H2,1H3;1H. The Kier molecular flexibility index (Phi) is 7.77. The number of fused-ring (bicyclic) bond motifs is 1. The number of para-hydroxylation sites is 1. The number of hydrogen-bond donors (Lipinski definition) is 1. The van der Waals surface area contributed by atoms with E-state index in [1.165, 1.54) is 34.9 Å². The van der Waals surface area contributed by atoms with Gasteiger partial charge in [0.2, 0.25) is 0 Å². The molecule has 1 fully saturated rings. The summed E-state index contributed by atoms with van der Waals surface area (Å²) >= 11 is 0. The maximum atomic E-state index is 4.95. The van der Waals surface area contributed by atoms with E-state index in [0.717, 1.165) is 30.8 Å². The van der Waals surface area contributed by atoms with Crippen molar-refractivity contribution in [2.75, 3.05) is 13.1 Å². The Morgan fingerprint density at radius 3 is 2.24 bits per heavy atom. The van der Waals surface area contributed by atoms with Gasteiger partial charge in [-0.3, -0.25) is 4.90 Å². The highest BCUT2D eigenvalue weighted by Gasteiger charge is 2.22. The fraction of sp³-hybridized carbons (Fsp3) is 0.276. The van der Waals surface area contributed by atoms with Gasteiger partial charge in [-0.2, -0.15) is 0 Å². The molecule has 0 spiro atoms. The number of aromatic nitrogens is 1. The molecule has 4 heteroatoms. The van der Waals surface area contributed by atoms with E-state index in [9.17, 15) is 0 Å². The molecule has 170 valence electrons. The van der Waals surface area contributed by atoms with E-state index in [4.69, 9.17) is 4.98 Å². The van der Waals surface area contributed by atoms with Gasteiger partial charge in [-0.05, 0) is 56.1 Å². The molecule has 1 saturated heterocycles. The SMILES string of the molecule is CC(NC1CCN(Cc2ccccc2)CC1)c1cc(-c2ccccc2)nc2ccccc12.Cl. The molecule has 1 atom stereocenters. The molecule has 0 saturated carbocycles. The fourth-order valence-corrected chi connectivity index (χ4v) is 4.86. The van der Waals surface area contributed by atoms with Crippen LogP contribution in [0.25, 0.3) is 22.2 Å². The van der Waals surface area contributed by atoms with Crippen LogP contribution in [0.1, 0.15) is 36.9 Å². The van der Waals surface area contributed by atoms with Crippen molar-refractivity contribution in [1.82, 2.24) is 15.2 Å². The van der Waals surface area contributed by atoms with E-state index in [1.807, 2.05) is 0 Å². The number of likely N-dealkylation sites (tertiary alicyclic amines) is 1. The molecule has 1 aliphatic rings. The molecule has 1 aromatic heterocycles. The molecule has 2 heterocycles. The summed E-state index contributed by atoms with van der Waals surface area (Å²) in [6, 6.07) is 32.9. The number of hydrogen-bond acceptors (Lipinski definition) is 3. The quantitative estimate of drug-likeness (QED) is 0.351. The smallest absolute Gasteiger partial charge is 0.0713 e. The van der Waals surface area contributed by atoms with Gasteiger partial charge in [-0.25, -0.2) is 4.98 Å². The number of piperidine rings is 1. The Morgan fingerprint density at radius 2 is 1.52 bits per heavy atom. The van der Waals surface area contributed by atoms with Gasteiger partial charge in [0, 0.05) is 29.6 Å². The van der Waals surface area contributed by atoms with E-state index in [2.05, 4.69) is 108 Å². The van der Waals surface area contributed by atoms with Crippen LogP contribution in [-0.4, -0.2) is 29.0 Å². The largest absolute Gasteiger partial charge is 0.307 e. The van der Waals surface area contributed by atoms with Crippen molar-refractivity contribution in [2.45, 2.75) is 38.4 Å². The molecule has 0 aliphatic carbocycles. The first-order valence-corrected chi connectivity index (χ1v) is 11.7. The third-order valence-electron chi connectivity index (χ3n) is 6.61. The molecule has 4 aromatic rings. The van der Waals surface area contributed by atoms with Gasteiger partial charge < -0.3 is 5.32 Å². The summed E-state index contributed by atoms with van der Waals surface area (Å²) < 4.78 is 0. The van der Waals surface area contributed by atoms with Gasteiger partial charge >= 0.3 is 0 Å². The average Bonchev–Trinajstić information content (AvgIpc) is 2.85. The first-order valence-electron chi connectivity index (χ1n) is 11.7. The predicted octanol–water partition coefficient (Wildman–Crippen LogP) is 6.64. The summed E-state index contributed by atoms with van der Waals surface area (Å²) in [5, 5.41) is 5.18. The molecule has 0 bridgehead atoms. The summed E-state index contributed by atoms with van der Waals surface area (Å²) in [5.41, 5.74) is 6.02. The number of nitrogens with zero attached hydrogens (tertiary/aromatic N) is 2. The zero-order chi connectivity index (χ0) is 21.8. The fourth-order valence-electron chi connectivity index (χ4n) is 4.86. The van der Waals surface area contributed by atoms with Gasteiger partial charge in [0.05, 0.1) is 11.2 Å². The second-order valence-corrected chi connectivity index (χ2v) is 8.90. The van der Waals surface area contributed by atoms with Crippen molar-refractivity contribution in [1.29, 1.82) is 0 Å². The Morgan fingerprint density at radius 1 is 0.879 bits per heavy atom. The summed E-state index contributed by atoms with van der Waals surface area (Å²) in [7, 11) is 0. The minimum absolute atomic E-state index is 0. The highest BCUT2D eigenvalue weighted by atomic mass is 35.5. The minimum Gasteiger partial charge on any atom is -0.307 e. The van der Waals surface area contributed by atoms with Crippen molar-refractivity contribution < 1.29 is 0 Å². The summed E-state index contributed by atoms with van der Waals surface area (Å²) in [6.07, 6.45) is 2.37. The lowest BCUT2D eigenvalue weighted by Crippen LogP contribution is -2.43. The second kappa shape index (κ2) is 10.9. The number of pyridine rings is 1. The normalized spacial score (nSPS) is 15.8. The van der Waals surface area contributed by atoms with Crippen molar-refractivity contribution >= 4 is 23.3 Å². The highest BCUT2D eigenvalue weighted by Crippen LogP contribution is 2.29. The summed E-state index contributed by atoms with van der Waals surface area (Å²) in [5.74, 6) is 0. The van der Waals surface area contributed by atoms with Gasteiger partial charge in [0.1, 0.15) is 0 Å². The van der Waals surface area contributed by atoms with E-state index in [-0.39, 0.29) is 18.4 Å². The molecular formula is C29H32ClN3. The van der Waals surface area contributed by atoms with Crippen molar-refractivity contribution in [3.63, 3.8) is 0 Å². The lowest BCUT2D eigenvalue weighted by molar-refractivity contribution is 0.185. The van der Waals surface area contributed by atoms with Crippen LogP contribution in [0.3, 0.4) is 0 Å². The van der Waals surface area contributed by atoms with Crippen molar-refractivity contribution in [2.24, 2.45) is 0 Å². The molecule has 33 heavy (non-hydrogen) atoms. The molecule has 0 amide bonds. The van der Waals surface area contributed by atoms with Gasteiger partial charge in [-0.15, -0.1) is 12.4 Å². The van der Waals surface area contributed by atoms with Crippen molar-refractivity contribution in [3.8, 4) is 11.3 Å². The minimum atomic E-state index is 0. The molecular weight excluding hydrogens is 426 g/mol. The topological polar surface area (TPSA) is 28.2 Å². The Hall–Kier alpha value is -2.72. The van der Waals surface area contributed by atoms with Gasteiger partial charge in [0.25, 0.3) is 0 Å². The highest BCUT2D eigenvalue weighted by molar-refractivity contribution is 5.86. The van der Waals surface area contributed by atoms with Crippen LogP contribution in [-0.2, 0) is 6.54 Å².